The number of carbonyl (C=O) groups excluding carboxylic acids is 1. The Balaban J connectivity index is 1.88. The molecule has 0 aromatic carbocycles. The number of pyridine rings is 1. The molecule has 5 heteroatoms. The number of piperidine rings is 1. The van der Waals surface area contributed by atoms with E-state index in [1.165, 1.54) is 6.42 Å². The van der Waals surface area contributed by atoms with Crippen LogP contribution in [0, 0.1) is 5.92 Å². The minimum atomic E-state index is -0.296. The molecule has 2 N–H and O–H groups in total. The molecule has 0 radical (unpaired) electrons. The fraction of sp³-hybridized carbons (Fsp3) is 0.538. The van der Waals surface area contributed by atoms with Gasteiger partial charge in [-0.25, -0.2) is 0 Å². The number of nitrogens with one attached hydrogen (secondary N) is 2. The summed E-state index contributed by atoms with van der Waals surface area (Å²) >= 11 is 0. The van der Waals surface area contributed by atoms with E-state index in [1.807, 2.05) is 4.90 Å². The van der Waals surface area contributed by atoms with E-state index in [0.29, 0.717) is 5.92 Å². The lowest BCUT2D eigenvalue weighted by Crippen LogP contribution is -2.49. The first kappa shape index (κ1) is 11.5. The largest absolute Gasteiger partial charge is 0.334 e. The summed E-state index contributed by atoms with van der Waals surface area (Å²) < 4.78 is 0. The molecule has 2 aliphatic rings. The molecule has 2 saturated heterocycles. The molecule has 18 heavy (non-hydrogen) atoms. The van der Waals surface area contributed by atoms with Crippen LogP contribution in [0.3, 0.4) is 0 Å². The summed E-state index contributed by atoms with van der Waals surface area (Å²) in [6.45, 7) is 2.59. The molecule has 2 atom stereocenters. The van der Waals surface area contributed by atoms with Crippen LogP contribution in [0.25, 0.3) is 0 Å². The van der Waals surface area contributed by atoms with Gasteiger partial charge < -0.3 is 15.2 Å². The van der Waals surface area contributed by atoms with Crippen molar-refractivity contribution in [1.29, 1.82) is 0 Å². The highest BCUT2D eigenvalue weighted by Gasteiger charge is 2.37. The monoisotopic (exact) mass is 247 g/mol. The standard InChI is InChI=1S/C13H17N3O2/c17-12-10(4-1-5-15-12)13(18)16-6-2-3-9-7-14-8-11(9)16/h1,4-5,9,11,14H,2-3,6-8H2,(H,15,17). The number of amides is 1. The lowest BCUT2D eigenvalue weighted by molar-refractivity contribution is 0.0573. The zero-order chi connectivity index (χ0) is 12.5. The van der Waals surface area contributed by atoms with Gasteiger partial charge in [-0.15, -0.1) is 0 Å². The van der Waals surface area contributed by atoms with Crippen LogP contribution in [0.1, 0.15) is 23.2 Å². The van der Waals surface area contributed by atoms with Crippen molar-refractivity contribution in [2.45, 2.75) is 18.9 Å². The highest BCUT2D eigenvalue weighted by atomic mass is 16.2. The summed E-state index contributed by atoms with van der Waals surface area (Å²) in [5.41, 5.74) is -0.0411. The van der Waals surface area contributed by atoms with Crippen molar-refractivity contribution in [3.8, 4) is 0 Å². The summed E-state index contributed by atoms with van der Waals surface area (Å²) in [5, 5.41) is 3.34. The lowest BCUT2D eigenvalue weighted by Gasteiger charge is -2.36. The number of rotatable bonds is 1. The molecule has 5 nitrogen and oxygen atoms in total. The van der Waals surface area contributed by atoms with Gasteiger partial charge in [-0.3, -0.25) is 9.59 Å². The van der Waals surface area contributed by atoms with E-state index in [9.17, 15) is 9.59 Å². The Kier molecular flexibility index (Phi) is 2.91. The van der Waals surface area contributed by atoms with Gasteiger partial charge in [-0.05, 0) is 30.9 Å². The van der Waals surface area contributed by atoms with Crippen LogP contribution in [0.5, 0.6) is 0 Å². The van der Waals surface area contributed by atoms with Gasteiger partial charge in [0.1, 0.15) is 5.56 Å². The highest BCUT2D eigenvalue weighted by molar-refractivity contribution is 5.94. The smallest absolute Gasteiger partial charge is 0.260 e. The summed E-state index contributed by atoms with van der Waals surface area (Å²) in [7, 11) is 0. The number of hydrogen-bond acceptors (Lipinski definition) is 3. The Labute approximate surface area is 105 Å². The molecule has 2 aliphatic heterocycles. The predicted molar refractivity (Wildman–Crippen MR) is 67.5 cm³/mol. The second kappa shape index (κ2) is 4.57. The topological polar surface area (TPSA) is 65.2 Å². The van der Waals surface area contributed by atoms with Crippen LogP contribution >= 0.6 is 0 Å². The Bertz CT molecular complexity index is 511. The van der Waals surface area contributed by atoms with Gasteiger partial charge in [0.25, 0.3) is 11.5 Å². The molecule has 1 aromatic heterocycles. The average Bonchev–Trinajstić information content (AvgIpc) is 2.86. The maximum atomic E-state index is 12.4. The first-order chi connectivity index (χ1) is 8.77. The summed E-state index contributed by atoms with van der Waals surface area (Å²) in [6.07, 6.45) is 3.75. The van der Waals surface area contributed by atoms with E-state index in [-0.39, 0.29) is 23.1 Å². The normalized spacial score (nSPS) is 27.0. The number of H-pyrrole nitrogens is 1. The quantitative estimate of drug-likeness (QED) is 0.745. The van der Waals surface area contributed by atoms with Crippen LogP contribution in [0.2, 0.25) is 0 Å². The molecule has 3 rings (SSSR count). The number of nitrogens with zero attached hydrogens (tertiary/aromatic N) is 1. The van der Waals surface area contributed by atoms with Crippen molar-refractivity contribution in [2.75, 3.05) is 19.6 Å². The number of likely N-dealkylation sites (tertiary alicyclic amines) is 1. The molecule has 1 amide bonds. The third-order valence-corrected chi connectivity index (χ3v) is 3.99. The number of aromatic nitrogens is 1. The molecular weight excluding hydrogens is 230 g/mol. The second-order valence-corrected chi connectivity index (χ2v) is 5.04. The number of aromatic amines is 1. The van der Waals surface area contributed by atoms with Crippen molar-refractivity contribution in [3.05, 3.63) is 34.2 Å². The van der Waals surface area contributed by atoms with E-state index in [4.69, 9.17) is 0 Å². The molecule has 3 heterocycles. The maximum absolute atomic E-state index is 12.4. The SMILES string of the molecule is O=C(c1ccc[nH]c1=O)N1CCCC2CNCC21. The van der Waals surface area contributed by atoms with Gasteiger partial charge in [0, 0.05) is 31.9 Å². The minimum Gasteiger partial charge on any atom is -0.334 e. The fourth-order valence-electron chi connectivity index (χ4n) is 3.06. The molecular formula is C13H17N3O2. The van der Waals surface area contributed by atoms with E-state index in [2.05, 4.69) is 10.3 Å². The third-order valence-electron chi connectivity index (χ3n) is 3.99. The van der Waals surface area contributed by atoms with Crippen LogP contribution in [0.4, 0.5) is 0 Å². The van der Waals surface area contributed by atoms with Crippen LogP contribution in [0.15, 0.2) is 23.1 Å². The fourth-order valence-corrected chi connectivity index (χ4v) is 3.06. The van der Waals surface area contributed by atoms with Crippen molar-refractivity contribution in [1.82, 2.24) is 15.2 Å². The van der Waals surface area contributed by atoms with Gasteiger partial charge in [-0.2, -0.15) is 0 Å². The summed E-state index contributed by atoms with van der Waals surface area (Å²) in [6, 6.07) is 3.56. The van der Waals surface area contributed by atoms with Gasteiger partial charge in [0.15, 0.2) is 0 Å². The van der Waals surface area contributed by atoms with Crippen LogP contribution in [-0.4, -0.2) is 41.5 Å². The van der Waals surface area contributed by atoms with E-state index in [1.54, 1.807) is 18.3 Å². The highest BCUT2D eigenvalue weighted by Crippen LogP contribution is 2.27. The predicted octanol–water partition coefficient (Wildman–Crippen LogP) is 0.199. The van der Waals surface area contributed by atoms with Crippen molar-refractivity contribution in [2.24, 2.45) is 5.92 Å². The Hall–Kier alpha value is -1.62. The molecule has 0 bridgehead atoms. The van der Waals surface area contributed by atoms with E-state index < -0.39 is 0 Å². The Morgan fingerprint density at radius 1 is 1.39 bits per heavy atom. The first-order valence-electron chi connectivity index (χ1n) is 6.47. The third kappa shape index (κ3) is 1.84. The van der Waals surface area contributed by atoms with E-state index >= 15 is 0 Å². The molecule has 0 saturated carbocycles. The van der Waals surface area contributed by atoms with Crippen molar-refractivity contribution in [3.63, 3.8) is 0 Å². The van der Waals surface area contributed by atoms with Gasteiger partial charge >= 0.3 is 0 Å². The molecule has 2 unspecified atom stereocenters. The summed E-state index contributed by atoms with van der Waals surface area (Å²) in [4.78, 5) is 28.6. The zero-order valence-electron chi connectivity index (χ0n) is 10.2. The number of carbonyl (C=O) groups is 1. The first-order valence-corrected chi connectivity index (χ1v) is 6.47. The van der Waals surface area contributed by atoms with Gasteiger partial charge in [-0.1, -0.05) is 0 Å². The van der Waals surface area contributed by atoms with Crippen molar-refractivity contribution >= 4 is 5.91 Å². The Morgan fingerprint density at radius 2 is 2.28 bits per heavy atom. The molecule has 1 aromatic rings. The number of hydrogen-bond donors (Lipinski definition) is 2. The Morgan fingerprint density at radius 3 is 3.11 bits per heavy atom. The molecule has 0 spiro atoms. The molecule has 2 fully saturated rings. The zero-order valence-corrected chi connectivity index (χ0v) is 10.2. The molecule has 96 valence electrons. The van der Waals surface area contributed by atoms with Gasteiger partial charge in [0.2, 0.25) is 0 Å². The average molecular weight is 247 g/mol. The lowest BCUT2D eigenvalue weighted by atomic mass is 9.91. The number of fused-ring (bicyclic) bond motifs is 1. The molecule has 0 aliphatic carbocycles. The van der Waals surface area contributed by atoms with Crippen molar-refractivity contribution < 1.29 is 4.79 Å². The summed E-state index contributed by atoms with van der Waals surface area (Å²) in [5.74, 6) is 0.417. The van der Waals surface area contributed by atoms with Crippen LogP contribution in [-0.2, 0) is 0 Å². The van der Waals surface area contributed by atoms with Crippen LogP contribution < -0.4 is 10.9 Å². The second-order valence-electron chi connectivity index (χ2n) is 5.04. The van der Waals surface area contributed by atoms with Gasteiger partial charge in [0.05, 0.1) is 0 Å². The minimum absolute atomic E-state index is 0.129. The van der Waals surface area contributed by atoms with E-state index in [0.717, 1.165) is 26.1 Å². The maximum Gasteiger partial charge on any atom is 0.260 e.